The Morgan fingerprint density at radius 1 is 1.06 bits per heavy atom. The summed E-state index contributed by atoms with van der Waals surface area (Å²) in [6.07, 6.45) is 1.58. The van der Waals surface area contributed by atoms with Gasteiger partial charge in [-0.25, -0.2) is 4.79 Å². The summed E-state index contributed by atoms with van der Waals surface area (Å²) in [5.74, 6) is -1.29. The first-order valence-corrected chi connectivity index (χ1v) is 11.1. The Balaban J connectivity index is 1.37. The summed E-state index contributed by atoms with van der Waals surface area (Å²) < 4.78 is 5.57. The van der Waals surface area contributed by atoms with Crippen molar-refractivity contribution in [2.24, 2.45) is 5.41 Å². The maximum Gasteiger partial charge on any atom is 0.407 e. The summed E-state index contributed by atoms with van der Waals surface area (Å²) in [4.78, 5) is 37.8. The van der Waals surface area contributed by atoms with Gasteiger partial charge in [0.25, 0.3) is 0 Å². The van der Waals surface area contributed by atoms with Gasteiger partial charge in [0, 0.05) is 19.0 Å². The molecule has 0 spiro atoms. The standard InChI is InChI=1S/C25H28N2O5/c1-2-27(14-22(28)29)23(30)25(12-7-13-25)16-26-24(31)32-15-21-19-10-5-3-8-17(19)18-9-4-6-11-20(18)21/h3-6,8-11,21H,2,7,12-16H2,1H3,(H,26,31)(H,28,29). The highest BCUT2D eigenvalue weighted by Crippen LogP contribution is 2.45. The summed E-state index contributed by atoms with van der Waals surface area (Å²) in [5, 5.41) is 11.8. The van der Waals surface area contributed by atoms with Crippen LogP contribution < -0.4 is 5.32 Å². The molecule has 0 atom stereocenters. The number of alkyl carbamates (subject to hydrolysis) is 1. The Morgan fingerprint density at radius 2 is 1.66 bits per heavy atom. The minimum absolute atomic E-state index is 0.0291. The third-order valence-corrected chi connectivity index (χ3v) is 6.67. The van der Waals surface area contributed by atoms with Gasteiger partial charge in [0.15, 0.2) is 0 Å². The molecule has 0 aromatic heterocycles. The van der Waals surface area contributed by atoms with Gasteiger partial charge in [-0.3, -0.25) is 9.59 Å². The average Bonchev–Trinajstić information content (AvgIpc) is 3.09. The number of carbonyl (C=O) groups is 3. The van der Waals surface area contributed by atoms with Crippen molar-refractivity contribution in [1.82, 2.24) is 10.2 Å². The predicted molar refractivity (Wildman–Crippen MR) is 119 cm³/mol. The molecule has 0 radical (unpaired) electrons. The van der Waals surface area contributed by atoms with Crippen LogP contribution in [0, 0.1) is 5.41 Å². The van der Waals surface area contributed by atoms with Gasteiger partial charge in [0.05, 0.1) is 5.41 Å². The molecule has 2 aliphatic rings. The second kappa shape index (κ2) is 9.02. The van der Waals surface area contributed by atoms with Gasteiger partial charge in [-0.2, -0.15) is 0 Å². The van der Waals surface area contributed by atoms with Crippen molar-refractivity contribution in [2.45, 2.75) is 32.1 Å². The van der Waals surface area contributed by atoms with Crippen LogP contribution >= 0.6 is 0 Å². The van der Waals surface area contributed by atoms with Gasteiger partial charge in [-0.15, -0.1) is 0 Å². The lowest BCUT2D eigenvalue weighted by atomic mass is 9.67. The molecule has 2 N–H and O–H groups in total. The molecule has 0 unspecified atom stereocenters. The number of nitrogens with zero attached hydrogens (tertiary/aromatic N) is 1. The first-order chi connectivity index (χ1) is 15.4. The predicted octanol–water partition coefficient (Wildman–Crippen LogP) is 3.63. The molecule has 0 aliphatic heterocycles. The van der Waals surface area contributed by atoms with Crippen molar-refractivity contribution >= 4 is 18.0 Å². The van der Waals surface area contributed by atoms with E-state index in [2.05, 4.69) is 29.6 Å². The first-order valence-electron chi connectivity index (χ1n) is 11.1. The maximum atomic E-state index is 12.9. The van der Waals surface area contributed by atoms with E-state index < -0.39 is 17.5 Å². The van der Waals surface area contributed by atoms with Gasteiger partial charge in [-0.1, -0.05) is 55.0 Å². The van der Waals surface area contributed by atoms with E-state index in [1.807, 2.05) is 24.3 Å². The number of amides is 2. The van der Waals surface area contributed by atoms with Gasteiger partial charge >= 0.3 is 12.1 Å². The molecule has 1 fully saturated rings. The molecule has 2 aliphatic carbocycles. The number of carboxylic acid groups (broad SMARTS) is 1. The van der Waals surface area contributed by atoms with E-state index in [9.17, 15) is 14.4 Å². The lowest BCUT2D eigenvalue weighted by Gasteiger charge is -2.43. The zero-order chi connectivity index (χ0) is 22.7. The van der Waals surface area contributed by atoms with E-state index in [1.54, 1.807) is 6.92 Å². The topological polar surface area (TPSA) is 95.9 Å². The molecule has 2 aromatic carbocycles. The van der Waals surface area contributed by atoms with E-state index in [1.165, 1.54) is 4.90 Å². The molecule has 7 nitrogen and oxygen atoms in total. The number of ether oxygens (including phenoxy) is 1. The summed E-state index contributed by atoms with van der Waals surface area (Å²) in [5.41, 5.74) is 3.86. The minimum atomic E-state index is -1.04. The number of nitrogens with one attached hydrogen (secondary N) is 1. The lowest BCUT2D eigenvalue weighted by molar-refractivity contribution is -0.153. The van der Waals surface area contributed by atoms with E-state index in [0.717, 1.165) is 28.7 Å². The van der Waals surface area contributed by atoms with Crippen LogP contribution in [0.1, 0.15) is 43.2 Å². The zero-order valence-electron chi connectivity index (χ0n) is 18.2. The third kappa shape index (κ3) is 4.07. The number of carbonyl (C=O) groups excluding carboxylic acids is 2. The largest absolute Gasteiger partial charge is 0.480 e. The second-order valence-electron chi connectivity index (χ2n) is 8.53. The highest BCUT2D eigenvalue weighted by Gasteiger charge is 2.46. The highest BCUT2D eigenvalue weighted by atomic mass is 16.5. The molecule has 168 valence electrons. The molecular formula is C25H28N2O5. The number of likely N-dealkylation sites (N-methyl/N-ethyl adjacent to an activating group) is 1. The number of benzene rings is 2. The maximum absolute atomic E-state index is 12.9. The van der Waals surface area contributed by atoms with Gasteiger partial charge < -0.3 is 20.1 Å². The fourth-order valence-corrected chi connectivity index (χ4v) is 4.79. The summed E-state index contributed by atoms with van der Waals surface area (Å²) in [6, 6.07) is 16.3. The molecule has 32 heavy (non-hydrogen) atoms. The van der Waals surface area contributed by atoms with Crippen molar-refractivity contribution in [3.8, 4) is 11.1 Å². The molecule has 2 amide bonds. The van der Waals surface area contributed by atoms with Crippen LogP contribution in [-0.2, 0) is 14.3 Å². The van der Waals surface area contributed by atoms with Crippen molar-refractivity contribution in [3.05, 3.63) is 59.7 Å². The number of rotatable bonds is 8. The van der Waals surface area contributed by atoms with Crippen molar-refractivity contribution in [1.29, 1.82) is 0 Å². The molecule has 1 saturated carbocycles. The second-order valence-corrected chi connectivity index (χ2v) is 8.53. The number of carboxylic acids is 1. The van der Waals surface area contributed by atoms with Crippen LogP contribution in [0.5, 0.6) is 0 Å². The molecule has 4 rings (SSSR count). The van der Waals surface area contributed by atoms with E-state index >= 15 is 0 Å². The summed E-state index contributed by atoms with van der Waals surface area (Å²) in [6.45, 7) is 2.10. The summed E-state index contributed by atoms with van der Waals surface area (Å²) in [7, 11) is 0. The number of fused-ring (bicyclic) bond motifs is 3. The quantitative estimate of drug-likeness (QED) is 0.659. The minimum Gasteiger partial charge on any atom is -0.480 e. The average molecular weight is 437 g/mol. The molecule has 2 aromatic rings. The van der Waals surface area contributed by atoms with Crippen LogP contribution in [-0.4, -0.2) is 54.2 Å². The SMILES string of the molecule is CCN(CC(=O)O)C(=O)C1(CNC(=O)OCC2c3ccccc3-c3ccccc32)CCC1. The molecule has 0 bridgehead atoms. The van der Waals surface area contributed by atoms with Crippen LogP contribution in [0.2, 0.25) is 0 Å². The number of hydrogen-bond donors (Lipinski definition) is 2. The Morgan fingerprint density at radius 3 is 2.16 bits per heavy atom. The van der Waals surface area contributed by atoms with Crippen LogP contribution in [0.4, 0.5) is 4.79 Å². The van der Waals surface area contributed by atoms with Crippen LogP contribution in [0.15, 0.2) is 48.5 Å². The highest BCUT2D eigenvalue weighted by molar-refractivity contribution is 5.87. The molecule has 0 saturated heterocycles. The normalized spacial score (nSPS) is 15.8. The zero-order valence-corrected chi connectivity index (χ0v) is 18.2. The van der Waals surface area contributed by atoms with E-state index in [0.29, 0.717) is 19.4 Å². The number of hydrogen-bond acceptors (Lipinski definition) is 4. The smallest absolute Gasteiger partial charge is 0.407 e. The Kier molecular flexibility index (Phi) is 6.17. The third-order valence-electron chi connectivity index (χ3n) is 6.67. The van der Waals surface area contributed by atoms with E-state index in [-0.39, 0.29) is 31.5 Å². The first kappa shape index (κ1) is 21.9. The van der Waals surface area contributed by atoms with Crippen LogP contribution in [0.3, 0.4) is 0 Å². The molecule has 0 heterocycles. The van der Waals surface area contributed by atoms with Gasteiger partial charge in [0.2, 0.25) is 5.91 Å². The van der Waals surface area contributed by atoms with E-state index in [4.69, 9.17) is 9.84 Å². The van der Waals surface area contributed by atoms with Crippen molar-refractivity contribution < 1.29 is 24.2 Å². The molecular weight excluding hydrogens is 408 g/mol. The fourth-order valence-electron chi connectivity index (χ4n) is 4.79. The lowest BCUT2D eigenvalue weighted by Crippen LogP contribution is -2.54. The monoisotopic (exact) mass is 436 g/mol. The van der Waals surface area contributed by atoms with Gasteiger partial charge in [-0.05, 0) is 42.0 Å². The Labute approximate surface area is 187 Å². The van der Waals surface area contributed by atoms with Crippen LogP contribution in [0.25, 0.3) is 11.1 Å². The van der Waals surface area contributed by atoms with Gasteiger partial charge in [0.1, 0.15) is 13.2 Å². The fraction of sp³-hybridized carbons (Fsp3) is 0.400. The molecule has 7 heteroatoms. The van der Waals surface area contributed by atoms with Crippen molar-refractivity contribution in [2.75, 3.05) is 26.2 Å². The summed E-state index contributed by atoms with van der Waals surface area (Å²) >= 11 is 0. The van der Waals surface area contributed by atoms with Crippen molar-refractivity contribution in [3.63, 3.8) is 0 Å². The Hall–Kier alpha value is -3.35. The number of aliphatic carboxylic acids is 1. The Bertz CT molecular complexity index is 985.